The van der Waals surface area contributed by atoms with Gasteiger partial charge in [-0.3, -0.25) is 9.59 Å². The zero-order valence-electron chi connectivity index (χ0n) is 15.5. The van der Waals surface area contributed by atoms with E-state index in [-0.39, 0.29) is 18.1 Å². The Balaban J connectivity index is 1.62. The van der Waals surface area contributed by atoms with Crippen LogP contribution in [0.2, 0.25) is 5.02 Å². The molecule has 2 aromatic carbocycles. The van der Waals surface area contributed by atoms with Crippen molar-refractivity contribution in [2.24, 2.45) is 0 Å². The second kappa shape index (κ2) is 8.70. The molecule has 29 heavy (non-hydrogen) atoms. The van der Waals surface area contributed by atoms with E-state index in [0.29, 0.717) is 33.6 Å². The Kier molecular flexibility index (Phi) is 6.08. The second-order valence-corrected chi connectivity index (χ2v) is 6.27. The van der Waals surface area contributed by atoms with E-state index in [0.717, 1.165) is 0 Å². The summed E-state index contributed by atoms with van der Waals surface area (Å²) in [5, 5.41) is 5.51. The van der Waals surface area contributed by atoms with E-state index in [2.05, 4.69) is 10.6 Å². The minimum Gasteiger partial charge on any atom is -0.495 e. The molecule has 1 aliphatic rings. The van der Waals surface area contributed by atoms with Gasteiger partial charge in [-0.1, -0.05) is 11.6 Å². The smallest absolute Gasteiger partial charge is 0.338 e. The maximum Gasteiger partial charge on any atom is 0.338 e. The van der Waals surface area contributed by atoms with Gasteiger partial charge in [0.25, 0.3) is 11.8 Å². The molecule has 0 saturated carbocycles. The Morgan fingerprint density at radius 1 is 1.17 bits per heavy atom. The maximum atomic E-state index is 12.2. The molecule has 0 saturated heterocycles. The summed E-state index contributed by atoms with van der Waals surface area (Å²) in [5.74, 6) is -0.558. The lowest BCUT2D eigenvalue weighted by atomic mass is 10.1. The molecule has 0 spiro atoms. The molecule has 0 unspecified atom stereocenters. The van der Waals surface area contributed by atoms with Crippen molar-refractivity contribution in [2.45, 2.75) is 0 Å². The number of halogens is 1. The van der Waals surface area contributed by atoms with Crippen molar-refractivity contribution in [1.82, 2.24) is 0 Å². The monoisotopic (exact) mass is 420 g/mol. The highest BCUT2D eigenvalue weighted by Gasteiger charge is 2.19. The van der Waals surface area contributed by atoms with Crippen molar-refractivity contribution in [3.63, 3.8) is 0 Å². The molecule has 1 aliphatic heterocycles. The molecule has 10 heteroatoms. The van der Waals surface area contributed by atoms with E-state index in [4.69, 9.17) is 30.5 Å². The first-order chi connectivity index (χ1) is 13.9. The van der Waals surface area contributed by atoms with Crippen molar-refractivity contribution in [2.75, 3.05) is 38.1 Å². The molecule has 9 nitrogen and oxygen atoms in total. The standard InChI is InChI=1S/C19H17ClN2O7/c1-26-14-7-13(15(27-2)6-11(14)20)22-18(24)9-29-19(25)10-3-4-12-16(5-10)28-8-17(23)21-12/h3-7H,8-9H2,1-2H3,(H,21,23)(H,22,24). The van der Waals surface area contributed by atoms with Gasteiger partial charge < -0.3 is 29.6 Å². The summed E-state index contributed by atoms with van der Waals surface area (Å²) >= 11 is 6.03. The van der Waals surface area contributed by atoms with Crippen molar-refractivity contribution < 1.29 is 33.3 Å². The van der Waals surface area contributed by atoms with Crippen LogP contribution in [0, 0.1) is 0 Å². The summed E-state index contributed by atoms with van der Waals surface area (Å²) in [7, 11) is 2.86. The van der Waals surface area contributed by atoms with Crippen molar-refractivity contribution in [1.29, 1.82) is 0 Å². The summed E-state index contributed by atoms with van der Waals surface area (Å²) in [6, 6.07) is 7.40. The average molecular weight is 421 g/mol. The third-order valence-corrected chi connectivity index (χ3v) is 4.23. The highest BCUT2D eigenvalue weighted by atomic mass is 35.5. The van der Waals surface area contributed by atoms with Gasteiger partial charge >= 0.3 is 5.97 Å². The number of hydrogen-bond acceptors (Lipinski definition) is 7. The highest BCUT2D eigenvalue weighted by Crippen LogP contribution is 2.35. The fraction of sp³-hybridized carbons (Fsp3) is 0.211. The number of carbonyl (C=O) groups is 3. The molecule has 2 amide bonds. The number of rotatable bonds is 6. The van der Waals surface area contributed by atoms with Crippen LogP contribution in [0.25, 0.3) is 0 Å². The first-order valence-corrected chi connectivity index (χ1v) is 8.74. The van der Waals surface area contributed by atoms with Crippen LogP contribution < -0.4 is 24.8 Å². The van der Waals surface area contributed by atoms with Gasteiger partial charge in [-0.05, 0) is 18.2 Å². The minimum absolute atomic E-state index is 0.139. The molecule has 2 aromatic rings. The molecule has 152 valence electrons. The molecular formula is C19H17ClN2O7. The third-order valence-electron chi connectivity index (χ3n) is 3.93. The number of carbonyl (C=O) groups excluding carboxylic acids is 3. The van der Waals surface area contributed by atoms with E-state index < -0.39 is 18.5 Å². The fourth-order valence-corrected chi connectivity index (χ4v) is 2.79. The van der Waals surface area contributed by atoms with Crippen LogP contribution in [-0.4, -0.2) is 45.2 Å². The van der Waals surface area contributed by atoms with E-state index in [1.165, 1.54) is 44.6 Å². The predicted molar refractivity (Wildman–Crippen MR) is 104 cm³/mol. The lowest BCUT2D eigenvalue weighted by Gasteiger charge is -2.18. The molecule has 0 atom stereocenters. The van der Waals surface area contributed by atoms with E-state index in [1.807, 2.05) is 0 Å². The normalized spacial score (nSPS) is 12.2. The van der Waals surface area contributed by atoms with Crippen LogP contribution in [0.15, 0.2) is 30.3 Å². The van der Waals surface area contributed by atoms with E-state index in [1.54, 1.807) is 0 Å². The van der Waals surface area contributed by atoms with Crippen molar-refractivity contribution in [3.8, 4) is 17.2 Å². The maximum absolute atomic E-state index is 12.2. The summed E-state index contributed by atoms with van der Waals surface area (Å²) < 4.78 is 20.6. The van der Waals surface area contributed by atoms with Gasteiger partial charge in [0.05, 0.1) is 36.2 Å². The van der Waals surface area contributed by atoms with Crippen molar-refractivity contribution in [3.05, 3.63) is 40.9 Å². The van der Waals surface area contributed by atoms with Crippen LogP contribution in [0.4, 0.5) is 11.4 Å². The van der Waals surface area contributed by atoms with Crippen LogP contribution in [0.1, 0.15) is 10.4 Å². The zero-order chi connectivity index (χ0) is 21.0. The molecule has 0 bridgehead atoms. The minimum atomic E-state index is -0.718. The molecule has 0 radical (unpaired) electrons. The van der Waals surface area contributed by atoms with Crippen LogP contribution in [-0.2, 0) is 14.3 Å². The van der Waals surface area contributed by atoms with Gasteiger partial charge in [0.15, 0.2) is 13.2 Å². The van der Waals surface area contributed by atoms with Gasteiger partial charge in [0.1, 0.15) is 17.2 Å². The Hall–Kier alpha value is -3.46. The topological polar surface area (TPSA) is 112 Å². The predicted octanol–water partition coefficient (Wildman–Crippen LogP) is 2.48. The molecule has 1 heterocycles. The molecule has 2 N–H and O–H groups in total. The van der Waals surface area contributed by atoms with Crippen molar-refractivity contribution >= 4 is 40.8 Å². The van der Waals surface area contributed by atoms with E-state index in [9.17, 15) is 14.4 Å². The SMILES string of the molecule is COc1cc(NC(=O)COC(=O)c2ccc3c(c2)OCC(=O)N3)c(OC)cc1Cl. The van der Waals surface area contributed by atoms with Gasteiger partial charge in [-0.2, -0.15) is 0 Å². The number of benzene rings is 2. The number of amides is 2. The molecular weight excluding hydrogens is 404 g/mol. The first kappa shape index (κ1) is 20.3. The second-order valence-electron chi connectivity index (χ2n) is 5.86. The number of fused-ring (bicyclic) bond motifs is 1. The van der Waals surface area contributed by atoms with E-state index >= 15 is 0 Å². The molecule has 0 fully saturated rings. The lowest BCUT2D eigenvalue weighted by molar-refractivity contribution is -0.119. The van der Waals surface area contributed by atoms with Gasteiger partial charge in [-0.15, -0.1) is 0 Å². The van der Waals surface area contributed by atoms with Gasteiger partial charge in [-0.25, -0.2) is 4.79 Å². The Morgan fingerprint density at radius 3 is 2.66 bits per heavy atom. The highest BCUT2D eigenvalue weighted by molar-refractivity contribution is 6.32. The lowest BCUT2D eigenvalue weighted by Crippen LogP contribution is -2.25. The fourth-order valence-electron chi connectivity index (χ4n) is 2.56. The van der Waals surface area contributed by atoms with Gasteiger partial charge in [0.2, 0.25) is 0 Å². The zero-order valence-corrected chi connectivity index (χ0v) is 16.3. The quantitative estimate of drug-likeness (QED) is 0.690. The summed E-state index contributed by atoms with van der Waals surface area (Å²) in [6.45, 7) is -0.665. The number of nitrogens with one attached hydrogen (secondary N) is 2. The molecule has 0 aromatic heterocycles. The number of esters is 1. The molecule has 0 aliphatic carbocycles. The third kappa shape index (κ3) is 4.69. The average Bonchev–Trinajstić information content (AvgIpc) is 2.72. The summed E-state index contributed by atoms with van der Waals surface area (Å²) in [4.78, 5) is 35.7. The summed E-state index contributed by atoms with van der Waals surface area (Å²) in [5.41, 5.74) is 0.950. The Bertz CT molecular complexity index is 977. The van der Waals surface area contributed by atoms with Crippen LogP contribution >= 0.6 is 11.6 Å². The number of anilines is 2. The summed E-state index contributed by atoms with van der Waals surface area (Å²) in [6.07, 6.45) is 0. The van der Waals surface area contributed by atoms with Crippen LogP contribution in [0.3, 0.4) is 0 Å². The first-order valence-electron chi connectivity index (χ1n) is 8.36. The number of methoxy groups -OCH3 is 2. The Morgan fingerprint density at radius 2 is 1.93 bits per heavy atom. The molecule has 3 rings (SSSR count). The number of hydrogen-bond donors (Lipinski definition) is 2. The Labute approximate surface area is 170 Å². The number of ether oxygens (including phenoxy) is 4. The largest absolute Gasteiger partial charge is 0.495 e. The van der Waals surface area contributed by atoms with Crippen LogP contribution in [0.5, 0.6) is 17.2 Å². The van der Waals surface area contributed by atoms with Gasteiger partial charge in [0, 0.05) is 12.1 Å².